The SMILES string of the molecule is CC(CCl)CCC(F)(F)C(F)(C=CCl)C(F)(F)F. The minimum Gasteiger partial charge on any atom is -0.222 e. The van der Waals surface area contributed by atoms with Crippen molar-refractivity contribution in [3.05, 3.63) is 11.6 Å². The van der Waals surface area contributed by atoms with Crippen LogP contribution in [-0.2, 0) is 0 Å². The Morgan fingerprint density at radius 3 is 1.94 bits per heavy atom. The molecule has 8 heteroatoms. The van der Waals surface area contributed by atoms with Gasteiger partial charge in [0.1, 0.15) is 0 Å². The molecule has 0 aromatic carbocycles. The first kappa shape index (κ1) is 17.9. The summed E-state index contributed by atoms with van der Waals surface area (Å²) in [5, 5.41) is 0. The Balaban J connectivity index is 5.11. The van der Waals surface area contributed by atoms with Crippen LogP contribution in [0.25, 0.3) is 0 Å². The molecular formula is C10H12Cl2F6. The van der Waals surface area contributed by atoms with Crippen LogP contribution in [0.2, 0.25) is 0 Å². The topological polar surface area (TPSA) is 0 Å². The normalized spacial score (nSPS) is 18.9. The number of alkyl halides is 7. The van der Waals surface area contributed by atoms with E-state index < -0.39 is 30.1 Å². The fourth-order valence-electron chi connectivity index (χ4n) is 1.20. The van der Waals surface area contributed by atoms with Crippen LogP contribution in [0.4, 0.5) is 26.3 Å². The van der Waals surface area contributed by atoms with Crippen LogP contribution in [0, 0.1) is 5.92 Å². The van der Waals surface area contributed by atoms with Crippen LogP contribution in [0.3, 0.4) is 0 Å². The Morgan fingerprint density at radius 1 is 1.11 bits per heavy atom. The van der Waals surface area contributed by atoms with Crippen LogP contribution in [0.1, 0.15) is 19.8 Å². The Kier molecular flexibility index (Phi) is 6.33. The third-order valence-corrected chi connectivity index (χ3v) is 3.10. The van der Waals surface area contributed by atoms with Gasteiger partial charge in [0.25, 0.3) is 11.6 Å². The standard InChI is InChI=1S/C10H12Cl2F6/c1-7(6-12)2-3-9(14,15)8(13,4-5-11)10(16,17)18/h4-5,7H,2-3,6H2,1H3. The molecule has 0 rings (SSSR count). The molecule has 0 heterocycles. The summed E-state index contributed by atoms with van der Waals surface area (Å²) in [7, 11) is 0. The summed E-state index contributed by atoms with van der Waals surface area (Å²) in [5.74, 6) is -5.03. The number of hydrogen-bond donors (Lipinski definition) is 0. The van der Waals surface area contributed by atoms with Crippen LogP contribution in [0.15, 0.2) is 11.6 Å². The van der Waals surface area contributed by atoms with Crippen molar-refractivity contribution in [1.82, 2.24) is 0 Å². The zero-order chi connectivity index (χ0) is 14.6. The monoisotopic (exact) mass is 316 g/mol. The average Bonchev–Trinajstić information content (AvgIpc) is 2.24. The van der Waals surface area contributed by atoms with Gasteiger partial charge in [-0.2, -0.15) is 13.2 Å². The van der Waals surface area contributed by atoms with Crippen molar-refractivity contribution in [2.75, 3.05) is 5.88 Å². The second-order valence-corrected chi connectivity index (χ2v) is 4.57. The smallest absolute Gasteiger partial charge is 0.222 e. The Hall–Kier alpha value is -0.100. The molecule has 0 saturated carbocycles. The van der Waals surface area contributed by atoms with Gasteiger partial charge in [-0.3, -0.25) is 0 Å². The van der Waals surface area contributed by atoms with Crippen LogP contribution < -0.4 is 0 Å². The zero-order valence-electron chi connectivity index (χ0n) is 9.38. The van der Waals surface area contributed by atoms with Gasteiger partial charge < -0.3 is 0 Å². The Bertz CT molecular complexity index is 289. The lowest BCUT2D eigenvalue weighted by atomic mass is 9.91. The molecule has 0 aliphatic carbocycles. The molecule has 0 saturated heterocycles. The van der Waals surface area contributed by atoms with Crippen LogP contribution in [0.5, 0.6) is 0 Å². The molecule has 0 aliphatic heterocycles. The fraction of sp³-hybridized carbons (Fsp3) is 0.800. The highest BCUT2D eigenvalue weighted by Gasteiger charge is 2.69. The summed E-state index contributed by atoms with van der Waals surface area (Å²) in [5.41, 5.74) is -4.67. The maximum absolute atomic E-state index is 13.6. The second-order valence-electron chi connectivity index (χ2n) is 4.00. The van der Waals surface area contributed by atoms with Gasteiger partial charge in [-0.15, -0.1) is 11.6 Å². The number of halogens is 8. The summed E-state index contributed by atoms with van der Waals surface area (Å²) in [6.07, 6.45) is -7.71. The maximum atomic E-state index is 13.6. The minimum absolute atomic E-state index is 0.00668. The summed E-state index contributed by atoms with van der Waals surface area (Å²) in [6, 6.07) is 0. The second kappa shape index (κ2) is 6.37. The molecule has 0 aromatic rings. The van der Waals surface area contributed by atoms with E-state index >= 15 is 0 Å². The summed E-state index contributed by atoms with van der Waals surface area (Å²) in [4.78, 5) is 0. The first-order valence-electron chi connectivity index (χ1n) is 4.99. The van der Waals surface area contributed by atoms with Gasteiger partial charge in [-0.1, -0.05) is 18.5 Å². The highest BCUT2D eigenvalue weighted by Crippen LogP contribution is 2.48. The van der Waals surface area contributed by atoms with Crippen molar-refractivity contribution < 1.29 is 26.3 Å². The van der Waals surface area contributed by atoms with Crippen molar-refractivity contribution in [3.63, 3.8) is 0 Å². The molecule has 18 heavy (non-hydrogen) atoms. The van der Waals surface area contributed by atoms with E-state index in [1.807, 2.05) is 0 Å². The van der Waals surface area contributed by atoms with Crippen molar-refractivity contribution >= 4 is 23.2 Å². The number of allylic oxidation sites excluding steroid dienone is 1. The van der Waals surface area contributed by atoms with Crippen molar-refractivity contribution in [2.45, 2.75) is 37.5 Å². The third kappa shape index (κ3) is 3.95. The third-order valence-electron chi connectivity index (χ3n) is 2.45. The first-order valence-corrected chi connectivity index (χ1v) is 5.96. The van der Waals surface area contributed by atoms with E-state index in [1.165, 1.54) is 6.92 Å². The molecule has 2 atom stereocenters. The predicted molar refractivity (Wildman–Crippen MR) is 59.0 cm³/mol. The summed E-state index contributed by atoms with van der Waals surface area (Å²) < 4.78 is 77.6. The molecule has 2 unspecified atom stereocenters. The molecular weight excluding hydrogens is 305 g/mol. The van der Waals surface area contributed by atoms with E-state index in [9.17, 15) is 26.3 Å². The predicted octanol–water partition coefficient (Wildman–Crippen LogP) is 5.30. The van der Waals surface area contributed by atoms with Gasteiger partial charge in [0.2, 0.25) is 0 Å². The molecule has 0 radical (unpaired) electrons. The summed E-state index contributed by atoms with van der Waals surface area (Å²) in [6.45, 7) is 1.48. The van der Waals surface area contributed by atoms with Crippen LogP contribution >= 0.6 is 23.2 Å². The molecule has 0 N–H and O–H groups in total. The quantitative estimate of drug-likeness (QED) is 0.461. The molecule has 0 bridgehead atoms. The van der Waals surface area contributed by atoms with Crippen molar-refractivity contribution in [1.29, 1.82) is 0 Å². The molecule has 0 nitrogen and oxygen atoms in total. The van der Waals surface area contributed by atoms with E-state index in [1.54, 1.807) is 0 Å². The summed E-state index contributed by atoms with van der Waals surface area (Å²) >= 11 is 10.2. The highest BCUT2D eigenvalue weighted by molar-refractivity contribution is 6.25. The Labute approximate surface area is 111 Å². The van der Waals surface area contributed by atoms with Gasteiger partial charge in [0.05, 0.1) is 0 Å². The van der Waals surface area contributed by atoms with Crippen molar-refractivity contribution in [2.24, 2.45) is 5.92 Å². The molecule has 108 valence electrons. The number of rotatable bonds is 6. The zero-order valence-corrected chi connectivity index (χ0v) is 10.9. The van der Waals surface area contributed by atoms with E-state index in [0.717, 1.165) is 0 Å². The van der Waals surface area contributed by atoms with Crippen LogP contribution in [-0.4, -0.2) is 23.6 Å². The van der Waals surface area contributed by atoms with Gasteiger partial charge in [-0.25, -0.2) is 13.2 Å². The van der Waals surface area contributed by atoms with Gasteiger partial charge >= 0.3 is 6.18 Å². The largest absolute Gasteiger partial charge is 0.432 e. The average molecular weight is 317 g/mol. The number of hydrogen-bond acceptors (Lipinski definition) is 0. The Morgan fingerprint density at radius 2 is 1.61 bits per heavy atom. The first-order chi connectivity index (χ1) is 8.02. The fourth-order valence-corrected chi connectivity index (χ4v) is 1.53. The lowest BCUT2D eigenvalue weighted by Crippen LogP contribution is -2.54. The lowest BCUT2D eigenvalue weighted by Gasteiger charge is -2.33. The van der Waals surface area contributed by atoms with E-state index in [2.05, 4.69) is 0 Å². The van der Waals surface area contributed by atoms with Gasteiger partial charge in [0, 0.05) is 17.8 Å². The van der Waals surface area contributed by atoms with Crippen molar-refractivity contribution in [3.8, 4) is 0 Å². The maximum Gasteiger partial charge on any atom is 0.432 e. The van der Waals surface area contributed by atoms with Gasteiger partial charge in [-0.05, 0) is 18.4 Å². The van der Waals surface area contributed by atoms with E-state index in [0.29, 0.717) is 0 Å². The molecule has 0 aromatic heterocycles. The van der Waals surface area contributed by atoms with Gasteiger partial charge in [0.15, 0.2) is 0 Å². The van der Waals surface area contributed by atoms with E-state index in [-0.39, 0.29) is 23.9 Å². The molecule has 0 spiro atoms. The molecule has 0 aliphatic rings. The minimum atomic E-state index is -5.74. The lowest BCUT2D eigenvalue weighted by molar-refractivity contribution is -0.283. The molecule has 0 amide bonds. The molecule has 0 fully saturated rings. The van der Waals surface area contributed by atoms with E-state index in [4.69, 9.17) is 23.2 Å². The highest BCUT2D eigenvalue weighted by atomic mass is 35.5.